The van der Waals surface area contributed by atoms with Crippen LogP contribution < -0.4 is 9.47 Å². The zero-order chi connectivity index (χ0) is 34.8. The summed E-state index contributed by atoms with van der Waals surface area (Å²) in [7, 11) is 0. The Hall–Kier alpha value is -2.80. The molecule has 0 spiro atoms. The predicted octanol–water partition coefficient (Wildman–Crippen LogP) is 5.45. The molecule has 0 amide bonds. The molecule has 0 bridgehead atoms. The molecule has 2 rings (SSSR count). The third-order valence-electron chi connectivity index (χ3n) is 6.11. The van der Waals surface area contributed by atoms with Gasteiger partial charge in [0, 0.05) is 17.5 Å². The molecule has 2 unspecified atom stereocenters. The minimum Gasteiger partial charge on any atom is -0.491 e. The molecule has 0 fully saturated rings. The van der Waals surface area contributed by atoms with Crippen molar-refractivity contribution in [2.45, 2.75) is 39.7 Å². The van der Waals surface area contributed by atoms with Gasteiger partial charge in [0.05, 0.1) is 92.0 Å². The number of hydrogen-bond donors (Lipinski definition) is 2. The number of aliphatic hydroxyl groups is 2. The Morgan fingerprint density at radius 1 is 0.617 bits per heavy atom. The van der Waals surface area contributed by atoms with E-state index in [9.17, 15) is 0 Å². The summed E-state index contributed by atoms with van der Waals surface area (Å²) in [6.07, 6.45) is 3.14. The molecular formula is C37H60O10. The lowest BCUT2D eigenvalue weighted by Gasteiger charge is -2.21. The van der Waals surface area contributed by atoms with Crippen LogP contribution in [0.15, 0.2) is 73.8 Å². The molecule has 0 aromatic heterocycles. The second-order valence-electron chi connectivity index (χ2n) is 9.65. The molecule has 0 aliphatic rings. The average molecular weight is 665 g/mol. The van der Waals surface area contributed by atoms with Crippen LogP contribution in [0.2, 0.25) is 0 Å². The van der Waals surface area contributed by atoms with Crippen molar-refractivity contribution in [1.82, 2.24) is 0 Å². The Kier molecular flexibility index (Phi) is 31.1. The Labute approximate surface area is 283 Å². The van der Waals surface area contributed by atoms with Crippen molar-refractivity contribution in [1.29, 1.82) is 0 Å². The van der Waals surface area contributed by atoms with E-state index in [1.165, 1.54) is 5.56 Å². The lowest BCUT2D eigenvalue weighted by Crippen LogP contribution is -2.21. The Morgan fingerprint density at radius 2 is 1.11 bits per heavy atom. The van der Waals surface area contributed by atoms with E-state index in [1.807, 2.05) is 57.2 Å². The molecule has 2 atom stereocenters. The van der Waals surface area contributed by atoms with Gasteiger partial charge in [-0.05, 0) is 18.6 Å². The zero-order valence-electron chi connectivity index (χ0n) is 29.1. The first-order chi connectivity index (χ1) is 23.1. The van der Waals surface area contributed by atoms with Gasteiger partial charge < -0.3 is 48.1 Å². The summed E-state index contributed by atoms with van der Waals surface area (Å²) < 4.78 is 44.8. The maximum Gasteiger partial charge on any atom is 0.126 e. The first-order valence-corrected chi connectivity index (χ1v) is 16.5. The lowest BCUT2D eigenvalue weighted by molar-refractivity contribution is -0.0252. The second-order valence-corrected chi connectivity index (χ2v) is 9.65. The Balaban J connectivity index is 0.00000326. The monoisotopic (exact) mass is 664 g/mol. The van der Waals surface area contributed by atoms with E-state index < -0.39 is 0 Å². The highest BCUT2D eigenvalue weighted by atomic mass is 16.6. The van der Waals surface area contributed by atoms with E-state index in [0.717, 1.165) is 11.3 Å². The van der Waals surface area contributed by atoms with Gasteiger partial charge in [0.25, 0.3) is 0 Å². The highest BCUT2D eigenvalue weighted by Gasteiger charge is 2.16. The summed E-state index contributed by atoms with van der Waals surface area (Å²) in [5.74, 6) is 1.59. The summed E-state index contributed by atoms with van der Waals surface area (Å²) >= 11 is 0. The standard InChI is InChI=1S/C31H48O10.C4H6.C2H6/c1-26(39-22-20-37-19-18-36-16-14-34-12-10-32)25-41-31-24-29(40-23-21-38-17-15-35-13-11-33)8-9-30(31)27(2)28-6-4-3-5-7-28;1-3-4-2;1-2/h3-9,24,26-27,32-33H,10-23,25H2,1-2H3;3-4H,1-2H2;1-2H3. The first kappa shape index (κ1) is 44.2. The van der Waals surface area contributed by atoms with Crippen LogP contribution in [0.25, 0.3) is 0 Å². The summed E-state index contributed by atoms with van der Waals surface area (Å²) in [6.45, 7) is 20.4. The van der Waals surface area contributed by atoms with Gasteiger partial charge in [0.15, 0.2) is 0 Å². The largest absolute Gasteiger partial charge is 0.491 e. The number of ether oxygens (including phenoxy) is 8. The molecular weight excluding hydrogens is 604 g/mol. The Bertz CT molecular complexity index is 967. The van der Waals surface area contributed by atoms with Crippen LogP contribution in [0, 0.1) is 0 Å². The fraction of sp³-hybridized carbons (Fsp3) is 0.568. The van der Waals surface area contributed by atoms with Crippen LogP contribution in [0.4, 0.5) is 0 Å². The van der Waals surface area contributed by atoms with Gasteiger partial charge in [-0.1, -0.05) is 82.5 Å². The van der Waals surface area contributed by atoms with Crippen LogP contribution in [0.3, 0.4) is 0 Å². The SMILES string of the molecule is C=CC=C.CC.CC(COc1cc(OCCOCCOCCO)ccc1C(C)c1ccccc1)OCCOCCOCCOCCO. The van der Waals surface area contributed by atoms with Crippen molar-refractivity contribution in [3.05, 3.63) is 85.0 Å². The van der Waals surface area contributed by atoms with Crippen LogP contribution in [-0.2, 0) is 28.4 Å². The van der Waals surface area contributed by atoms with Gasteiger partial charge >= 0.3 is 0 Å². The fourth-order valence-electron chi connectivity index (χ4n) is 3.78. The van der Waals surface area contributed by atoms with Gasteiger partial charge in [-0.2, -0.15) is 0 Å². The van der Waals surface area contributed by atoms with Crippen LogP contribution in [0.5, 0.6) is 11.5 Å². The Morgan fingerprint density at radius 3 is 1.62 bits per heavy atom. The maximum absolute atomic E-state index is 8.73. The molecule has 10 nitrogen and oxygen atoms in total. The normalized spacial score (nSPS) is 11.7. The smallest absolute Gasteiger partial charge is 0.126 e. The van der Waals surface area contributed by atoms with Gasteiger partial charge in [-0.25, -0.2) is 0 Å². The van der Waals surface area contributed by atoms with Crippen molar-refractivity contribution in [2.24, 2.45) is 0 Å². The van der Waals surface area contributed by atoms with E-state index in [1.54, 1.807) is 12.2 Å². The molecule has 268 valence electrons. The summed E-state index contributed by atoms with van der Waals surface area (Å²) in [5, 5.41) is 17.4. The summed E-state index contributed by atoms with van der Waals surface area (Å²) in [6, 6.07) is 16.2. The molecule has 2 aromatic rings. The molecule has 2 N–H and O–H groups in total. The van der Waals surface area contributed by atoms with Crippen LogP contribution >= 0.6 is 0 Å². The number of rotatable bonds is 27. The van der Waals surface area contributed by atoms with E-state index in [0.29, 0.717) is 91.6 Å². The molecule has 0 aliphatic carbocycles. The molecule has 47 heavy (non-hydrogen) atoms. The topological polar surface area (TPSA) is 114 Å². The summed E-state index contributed by atoms with van der Waals surface area (Å²) in [5.41, 5.74) is 2.27. The highest BCUT2D eigenvalue weighted by Crippen LogP contribution is 2.34. The predicted molar refractivity (Wildman–Crippen MR) is 187 cm³/mol. The average Bonchev–Trinajstić information content (AvgIpc) is 3.12. The maximum atomic E-state index is 8.73. The van der Waals surface area contributed by atoms with Crippen LogP contribution in [0.1, 0.15) is 44.7 Å². The molecule has 0 radical (unpaired) electrons. The third kappa shape index (κ3) is 24.1. The molecule has 10 heteroatoms. The number of hydrogen-bond acceptors (Lipinski definition) is 10. The first-order valence-electron chi connectivity index (χ1n) is 16.5. The lowest BCUT2D eigenvalue weighted by atomic mass is 9.92. The highest BCUT2D eigenvalue weighted by molar-refractivity contribution is 5.46. The van der Waals surface area contributed by atoms with Crippen molar-refractivity contribution in [2.75, 3.05) is 99.1 Å². The molecule has 0 heterocycles. The van der Waals surface area contributed by atoms with Crippen molar-refractivity contribution in [3.8, 4) is 11.5 Å². The van der Waals surface area contributed by atoms with E-state index >= 15 is 0 Å². The van der Waals surface area contributed by atoms with E-state index in [4.69, 9.17) is 48.1 Å². The second kappa shape index (κ2) is 33.1. The van der Waals surface area contributed by atoms with Crippen molar-refractivity contribution >= 4 is 0 Å². The van der Waals surface area contributed by atoms with Gasteiger partial charge in [0.1, 0.15) is 24.7 Å². The van der Waals surface area contributed by atoms with Crippen molar-refractivity contribution < 1.29 is 48.1 Å². The zero-order valence-corrected chi connectivity index (χ0v) is 29.1. The van der Waals surface area contributed by atoms with Crippen molar-refractivity contribution in [3.63, 3.8) is 0 Å². The summed E-state index contributed by atoms with van der Waals surface area (Å²) in [4.78, 5) is 0. The fourth-order valence-corrected chi connectivity index (χ4v) is 3.78. The molecule has 0 aliphatic heterocycles. The minimum atomic E-state index is -0.135. The quantitative estimate of drug-likeness (QED) is 0.0944. The number of benzene rings is 2. The van der Waals surface area contributed by atoms with Crippen LogP contribution in [-0.4, -0.2) is 115 Å². The minimum absolute atomic E-state index is 0.00649. The molecule has 0 saturated carbocycles. The third-order valence-corrected chi connectivity index (χ3v) is 6.11. The number of allylic oxidation sites excluding steroid dienone is 2. The van der Waals surface area contributed by atoms with Gasteiger partial charge in [-0.15, -0.1) is 0 Å². The number of aliphatic hydroxyl groups excluding tert-OH is 2. The van der Waals surface area contributed by atoms with E-state index in [-0.39, 0.29) is 25.2 Å². The van der Waals surface area contributed by atoms with Gasteiger partial charge in [0.2, 0.25) is 0 Å². The molecule has 2 aromatic carbocycles. The van der Waals surface area contributed by atoms with Gasteiger partial charge in [-0.3, -0.25) is 0 Å². The molecule has 0 saturated heterocycles. The van der Waals surface area contributed by atoms with E-state index in [2.05, 4.69) is 32.2 Å².